The number of hydrogen-bond acceptors (Lipinski definition) is 6. The van der Waals surface area contributed by atoms with E-state index < -0.39 is 6.10 Å². The first-order valence-corrected chi connectivity index (χ1v) is 11.6. The van der Waals surface area contributed by atoms with E-state index in [9.17, 15) is 5.11 Å². The highest BCUT2D eigenvalue weighted by molar-refractivity contribution is 5.92. The summed E-state index contributed by atoms with van der Waals surface area (Å²) in [7, 11) is 0. The van der Waals surface area contributed by atoms with Crippen LogP contribution in [0.15, 0.2) is 35.0 Å². The fourth-order valence-corrected chi connectivity index (χ4v) is 3.68. The van der Waals surface area contributed by atoms with Gasteiger partial charge in [0, 0.05) is 25.4 Å². The Kier molecular flexibility index (Phi) is 9.06. The topological polar surface area (TPSA) is 83.7 Å². The molecule has 0 saturated carbocycles. The second kappa shape index (κ2) is 12.0. The number of aliphatic imine (C=N–C) groups is 1. The van der Waals surface area contributed by atoms with Gasteiger partial charge in [-0.25, -0.2) is 4.98 Å². The molecule has 0 spiro atoms. The molecule has 3 rings (SSSR count). The molecule has 1 aromatic carbocycles. The van der Waals surface area contributed by atoms with E-state index in [1.807, 2.05) is 13.0 Å². The third-order valence-corrected chi connectivity index (χ3v) is 5.47. The van der Waals surface area contributed by atoms with Crippen LogP contribution in [0.2, 0.25) is 0 Å². The monoisotopic (exact) mass is 427 g/mol. The molecule has 0 fully saturated rings. The fourth-order valence-electron chi connectivity index (χ4n) is 3.68. The number of nitrogens with zero attached hydrogens (tertiary/aromatic N) is 3. The van der Waals surface area contributed by atoms with E-state index in [1.54, 1.807) is 0 Å². The lowest BCUT2D eigenvalue weighted by molar-refractivity contribution is 0.136. The molecule has 2 heterocycles. The number of nitrogens with one attached hydrogen (secondary N) is 2. The van der Waals surface area contributed by atoms with Crippen molar-refractivity contribution in [2.24, 2.45) is 4.99 Å². The largest absolute Gasteiger partial charge is 0.387 e. The van der Waals surface area contributed by atoms with Crippen molar-refractivity contribution in [3.63, 3.8) is 0 Å². The van der Waals surface area contributed by atoms with Gasteiger partial charge in [-0.3, -0.25) is 4.99 Å². The first-order valence-electron chi connectivity index (χ1n) is 11.6. The van der Waals surface area contributed by atoms with Gasteiger partial charge in [-0.15, -0.1) is 0 Å². The predicted octanol–water partition coefficient (Wildman–Crippen LogP) is 3.53. The minimum Gasteiger partial charge on any atom is -0.387 e. The molecule has 2 aromatic rings. The van der Waals surface area contributed by atoms with E-state index in [0.29, 0.717) is 13.0 Å². The average molecular weight is 428 g/mol. The van der Waals surface area contributed by atoms with Crippen molar-refractivity contribution in [3.05, 3.63) is 35.5 Å². The third-order valence-electron chi connectivity index (χ3n) is 5.47. The van der Waals surface area contributed by atoms with Crippen molar-refractivity contribution in [1.82, 2.24) is 14.9 Å². The molecule has 31 heavy (non-hydrogen) atoms. The van der Waals surface area contributed by atoms with Crippen LogP contribution in [-0.4, -0.2) is 59.3 Å². The zero-order valence-corrected chi connectivity index (χ0v) is 19.2. The Bertz CT molecular complexity index is 903. The van der Waals surface area contributed by atoms with E-state index in [-0.39, 0.29) is 0 Å². The number of aliphatic hydroxyl groups excluding tert-OH is 1. The number of ether oxygens (including phenoxy) is 1. The number of aliphatic hydroxyl groups is 1. The molecule has 1 aliphatic heterocycles. The van der Waals surface area contributed by atoms with Gasteiger partial charge < -0.3 is 25.0 Å². The Morgan fingerprint density at radius 2 is 2.06 bits per heavy atom. The summed E-state index contributed by atoms with van der Waals surface area (Å²) in [6, 6.07) is 6.41. The molecule has 170 valence electrons. The number of aromatic nitrogens is 2. The van der Waals surface area contributed by atoms with Crippen molar-refractivity contribution in [3.8, 4) is 0 Å². The number of benzene rings is 1. The van der Waals surface area contributed by atoms with Gasteiger partial charge in [0.1, 0.15) is 0 Å². The lowest BCUT2D eigenvalue weighted by atomic mass is 10.1. The highest BCUT2D eigenvalue weighted by Crippen LogP contribution is 2.23. The van der Waals surface area contributed by atoms with Crippen LogP contribution in [0.3, 0.4) is 0 Å². The van der Waals surface area contributed by atoms with E-state index in [1.165, 1.54) is 5.56 Å². The molecule has 0 bridgehead atoms. The molecule has 0 amide bonds. The van der Waals surface area contributed by atoms with Crippen LogP contribution in [0.25, 0.3) is 11.0 Å². The maximum absolute atomic E-state index is 10.5. The maximum Gasteiger partial charge on any atom is 0.204 e. The number of allylic oxidation sites excluding steroid dienone is 1. The quantitative estimate of drug-likeness (QED) is 0.426. The van der Waals surface area contributed by atoms with Crippen LogP contribution in [0.1, 0.15) is 45.6 Å². The molecule has 7 heteroatoms. The summed E-state index contributed by atoms with van der Waals surface area (Å²) in [5, 5.41) is 17.4. The van der Waals surface area contributed by atoms with E-state index in [2.05, 4.69) is 52.2 Å². The first kappa shape index (κ1) is 23.4. The van der Waals surface area contributed by atoms with Crippen LogP contribution in [0, 0.1) is 0 Å². The molecule has 3 N–H and O–H groups in total. The number of aryl methyl sites for hydroxylation is 1. The number of rotatable bonds is 13. The second-order valence-corrected chi connectivity index (χ2v) is 8.04. The van der Waals surface area contributed by atoms with Crippen molar-refractivity contribution >= 4 is 22.7 Å². The molecular weight excluding hydrogens is 390 g/mol. The van der Waals surface area contributed by atoms with Gasteiger partial charge in [0.25, 0.3) is 0 Å². The summed E-state index contributed by atoms with van der Waals surface area (Å²) in [4.78, 5) is 9.44. The van der Waals surface area contributed by atoms with Gasteiger partial charge in [-0.2, -0.15) is 0 Å². The number of hydrogen-bond donors (Lipinski definition) is 3. The SMILES string of the molecule is CCCOCCNCCCNc1nc2ccc(CC)cc2n1CC1=NC(C)=CCC1O. The normalized spacial score (nSPS) is 16.5. The van der Waals surface area contributed by atoms with Crippen LogP contribution >= 0.6 is 0 Å². The van der Waals surface area contributed by atoms with Crippen LogP contribution < -0.4 is 10.6 Å². The molecule has 1 aliphatic rings. The van der Waals surface area contributed by atoms with Crippen LogP contribution in [-0.2, 0) is 17.7 Å². The molecular formula is C24H37N5O2. The predicted molar refractivity (Wildman–Crippen MR) is 128 cm³/mol. The first-order chi connectivity index (χ1) is 15.1. The Morgan fingerprint density at radius 3 is 2.87 bits per heavy atom. The van der Waals surface area contributed by atoms with Gasteiger partial charge in [-0.1, -0.05) is 26.0 Å². The van der Waals surface area contributed by atoms with Crippen molar-refractivity contribution in [2.75, 3.05) is 38.2 Å². The minimum absolute atomic E-state index is 0.533. The minimum atomic E-state index is -0.539. The van der Waals surface area contributed by atoms with E-state index in [0.717, 1.165) is 80.5 Å². The Morgan fingerprint density at radius 1 is 1.19 bits per heavy atom. The van der Waals surface area contributed by atoms with Gasteiger partial charge in [0.05, 0.1) is 36.0 Å². The molecule has 1 atom stereocenters. The standard InChI is InChI=1S/C24H37N5O2/c1-4-14-31-15-13-25-11-6-12-26-24-28-20-9-8-19(5-2)16-22(20)29(24)17-21-23(30)10-7-18(3)27-21/h7-9,16,23,25,30H,4-6,10-15,17H2,1-3H3,(H,26,28). The summed E-state index contributed by atoms with van der Waals surface area (Å²) in [6.07, 6.45) is 5.08. The highest BCUT2D eigenvalue weighted by Gasteiger charge is 2.20. The maximum atomic E-state index is 10.5. The molecule has 1 unspecified atom stereocenters. The Labute approximate surface area is 185 Å². The van der Waals surface area contributed by atoms with Crippen molar-refractivity contribution in [2.45, 2.75) is 59.1 Å². The van der Waals surface area contributed by atoms with Gasteiger partial charge in [-0.05, 0) is 56.8 Å². The molecule has 0 radical (unpaired) electrons. The van der Waals surface area contributed by atoms with Gasteiger partial charge >= 0.3 is 0 Å². The zero-order valence-electron chi connectivity index (χ0n) is 19.2. The summed E-state index contributed by atoms with van der Waals surface area (Å²) >= 11 is 0. The fraction of sp³-hybridized carbons (Fsp3) is 0.583. The van der Waals surface area contributed by atoms with Crippen LogP contribution in [0.5, 0.6) is 0 Å². The highest BCUT2D eigenvalue weighted by atomic mass is 16.5. The van der Waals surface area contributed by atoms with E-state index >= 15 is 0 Å². The smallest absolute Gasteiger partial charge is 0.204 e. The molecule has 7 nitrogen and oxygen atoms in total. The van der Waals surface area contributed by atoms with Crippen molar-refractivity contribution in [1.29, 1.82) is 0 Å². The Balaban J connectivity index is 1.66. The van der Waals surface area contributed by atoms with E-state index in [4.69, 9.17) is 9.72 Å². The van der Waals surface area contributed by atoms with Crippen molar-refractivity contribution < 1.29 is 9.84 Å². The second-order valence-electron chi connectivity index (χ2n) is 8.04. The number of imidazole rings is 1. The lowest BCUT2D eigenvalue weighted by Gasteiger charge is -2.19. The summed E-state index contributed by atoms with van der Waals surface area (Å²) < 4.78 is 7.64. The average Bonchev–Trinajstić information content (AvgIpc) is 3.11. The molecule has 0 saturated heterocycles. The number of fused-ring (bicyclic) bond motifs is 1. The summed E-state index contributed by atoms with van der Waals surface area (Å²) in [5.41, 5.74) is 5.07. The third kappa shape index (κ3) is 6.63. The summed E-state index contributed by atoms with van der Waals surface area (Å²) in [5.74, 6) is 0.830. The summed E-state index contributed by atoms with van der Waals surface area (Å²) in [6.45, 7) is 11.0. The molecule has 1 aromatic heterocycles. The number of anilines is 1. The molecule has 0 aliphatic carbocycles. The lowest BCUT2D eigenvalue weighted by Crippen LogP contribution is -2.28. The van der Waals surface area contributed by atoms with Gasteiger partial charge in [0.15, 0.2) is 0 Å². The van der Waals surface area contributed by atoms with Gasteiger partial charge in [0.2, 0.25) is 5.95 Å². The Hall–Kier alpha value is -2.22. The zero-order chi connectivity index (χ0) is 22.1. The van der Waals surface area contributed by atoms with Crippen LogP contribution in [0.4, 0.5) is 5.95 Å².